The monoisotopic (exact) mass is 474 g/mol. The number of carbonyl (C=O) groups is 1. The molecule has 3 nitrogen and oxygen atoms in total. The minimum Gasteiger partial charge on any atom is -0.293 e. The van der Waals surface area contributed by atoms with Gasteiger partial charge in [0.2, 0.25) is 0 Å². The van der Waals surface area contributed by atoms with Crippen LogP contribution in [0.25, 0.3) is 22.4 Å². The molecule has 1 heterocycles. The number of carbonyl (C=O) groups excluding carboxylic acids is 1. The summed E-state index contributed by atoms with van der Waals surface area (Å²) in [5.74, 6) is 0.154. The van der Waals surface area contributed by atoms with Crippen molar-refractivity contribution in [1.82, 2.24) is 4.98 Å². The van der Waals surface area contributed by atoms with Crippen LogP contribution in [-0.2, 0) is 0 Å². The van der Waals surface area contributed by atoms with Crippen molar-refractivity contribution >= 4 is 40.7 Å². The van der Waals surface area contributed by atoms with Crippen LogP contribution in [0, 0.1) is 11.3 Å². The van der Waals surface area contributed by atoms with Crippen LogP contribution in [-0.4, -0.2) is 16.5 Å². The van der Waals surface area contributed by atoms with Gasteiger partial charge in [-0.1, -0.05) is 89.6 Å². The number of nitrogens with zero attached hydrogens (tertiary/aromatic N) is 2. The van der Waals surface area contributed by atoms with Gasteiger partial charge in [-0.25, -0.2) is 4.98 Å². The maximum atomic E-state index is 12.6. The molecule has 0 fully saturated rings. The molecule has 6 heteroatoms. The molecule has 0 amide bonds. The number of rotatable bonds is 6. The number of aromatic nitrogens is 1. The first kappa shape index (κ1) is 22.1. The summed E-state index contributed by atoms with van der Waals surface area (Å²) in [7, 11) is 0. The average Bonchev–Trinajstić information content (AvgIpc) is 2.83. The molecule has 32 heavy (non-hydrogen) atoms. The summed E-state index contributed by atoms with van der Waals surface area (Å²) < 4.78 is 0. The molecule has 156 valence electrons. The number of pyridine rings is 1. The molecule has 0 aliphatic heterocycles. The predicted octanol–water partition coefficient (Wildman–Crippen LogP) is 7.57. The van der Waals surface area contributed by atoms with Gasteiger partial charge in [-0.05, 0) is 35.9 Å². The van der Waals surface area contributed by atoms with Crippen LogP contribution in [0.4, 0.5) is 0 Å². The van der Waals surface area contributed by atoms with Gasteiger partial charge in [-0.15, -0.1) is 0 Å². The second-order valence-corrected chi connectivity index (χ2v) is 8.78. The number of Topliss-reactive ketones (excluding diaryl/α,β-unsaturated/α-hetero) is 1. The highest BCUT2D eigenvalue weighted by molar-refractivity contribution is 8.00. The van der Waals surface area contributed by atoms with Gasteiger partial charge in [0, 0.05) is 26.7 Å². The SMILES string of the molecule is N#Cc1c(-c2ccc(Cl)cc2)cc(-c2ccc(Cl)cc2)nc1SCC(=O)c1ccccc1. The third kappa shape index (κ3) is 5.03. The van der Waals surface area contributed by atoms with E-state index in [-0.39, 0.29) is 11.5 Å². The lowest BCUT2D eigenvalue weighted by Gasteiger charge is -2.13. The van der Waals surface area contributed by atoms with E-state index in [1.165, 1.54) is 11.8 Å². The third-order valence-electron chi connectivity index (χ3n) is 4.83. The van der Waals surface area contributed by atoms with Gasteiger partial charge in [0.1, 0.15) is 11.1 Å². The maximum absolute atomic E-state index is 12.6. The summed E-state index contributed by atoms with van der Waals surface area (Å²) in [6, 6.07) is 27.9. The number of halogens is 2. The molecule has 0 aliphatic carbocycles. The minimum atomic E-state index is -0.0220. The highest BCUT2D eigenvalue weighted by Crippen LogP contribution is 2.35. The van der Waals surface area contributed by atoms with E-state index in [4.69, 9.17) is 28.2 Å². The summed E-state index contributed by atoms with van der Waals surface area (Å²) in [4.78, 5) is 17.4. The van der Waals surface area contributed by atoms with Crippen LogP contribution in [0.1, 0.15) is 15.9 Å². The molecule has 0 saturated carbocycles. The third-order valence-corrected chi connectivity index (χ3v) is 6.31. The Hall–Kier alpha value is -3.10. The molecule has 0 N–H and O–H groups in total. The quantitative estimate of drug-likeness (QED) is 0.213. The van der Waals surface area contributed by atoms with Crippen molar-refractivity contribution in [2.24, 2.45) is 0 Å². The van der Waals surface area contributed by atoms with Gasteiger partial charge in [-0.2, -0.15) is 5.26 Å². The Labute approximate surface area is 200 Å². The van der Waals surface area contributed by atoms with E-state index in [0.29, 0.717) is 31.9 Å². The van der Waals surface area contributed by atoms with Gasteiger partial charge in [0.25, 0.3) is 0 Å². The van der Waals surface area contributed by atoms with Crippen molar-refractivity contribution in [2.45, 2.75) is 5.03 Å². The van der Waals surface area contributed by atoms with Gasteiger partial charge >= 0.3 is 0 Å². The topological polar surface area (TPSA) is 53.8 Å². The molecule has 0 saturated heterocycles. The van der Waals surface area contributed by atoms with E-state index < -0.39 is 0 Å². The second-order valence-electron chi connectivity index (χ2n) is 6.94. The summed E-state index contributed by atoms with van der Waals surface area (Å²) in [5, 5.41) is 11.7. The van der Waals surface area contributed by atoms with Crippen molar-refractivity contribution in [2.75, 3.05) is 5.75 Å². The fraction of sp³-hybridized carbons (Fsp3) is 0.0385. The fourth-order valence-electron chi connectivity index (χ4n) is 3.20. The Balaban J connectivity index is 1.78. The Bertz CT molecular complexity index is 1300. The molecule has 0 atom stereocenters. The molecule has 4 rings (SSSR count). The highest BCUT2D eigenvalue weighted by atomic mass is 35.5. The van der Waals surface area contributed by atoms with E-state index in [0.717, 1.165) is 16.7 Å². The molecule has 0 aliphatic rings. The van der Waals surface area contributed by atoms with Crippen molar-refractivity contribution in [3.05, 3.63) is 106 Å². The Morgan fingerprint density at radius 2 is 1.47 bits per heavy atom. The molecule has 0 unspecified atom stereocenters. The van der Waals surface area contributed by atoms with Gasteiger partial charge in [0.15, 0.2) is 5.78 Å². The fourth-order valence-corrected chi connectivity index (χ4v) is 4.35. The maximum Gasteiger partial charge on any atom is 0.173 e. The van der Waals surface area contributed by atoms with Crippen molar-refractivity contribution < 1.29 is 4.79 Å². The minimum absolute atomic E-state index is 0.0220. The number of hydrogen-bond donors (Lipinski definition) is 0. The molecule has 3 aromatic carbocycles. The number of hydrogen-bond acceptors (Lipinski definition) is 4. The first-order valence-electron chi connectivity index (χ1n) is 9.73. The Kier molecular flexibility index (Phi) is 6.92. The second kappa shape index (κ2) is 10.0. The number of nitriles is 1. The van der Waals surface area contributed by atoms with Gasteiger partial charge in [-0.3, -0.25) is 4.79 Å². The zero-order valence-electron chi connectivity index (χ0n) is 16.8. The number of thioether (sulfide) groups is 1. The zero-order valence-corrected chi connectivity index (χ0v) is 19.1. The largest absolute Gasteiger partial charge is 0.293 e. The highest BCUT2D eigenvalue weighted by Gasteiger charge is 2.17. The van der Waals surface area contributed by atoms with Crippen molar-refractivity contribution in [3.63, 3.8) is 0 Å². The Morgan fingerprint density at radius 3 is 2.06 bits per heavy atom. The van der Waals surface area contributed by atoms with E-state index in [1.807, 2.05) is 48.5 Å². The molecule has 4 aromatic rings. The van der Waals surface area contributed by atoms with Crippen LogP contribution in [0.2, 0.25) is 10.0 Å². The van der Waals surface area contributed by atoms with E-state index >= 15 is 0 Å². The van der Waals surface area contributed by atoms with Gasteiger partial charge < -0.3 is 0 Å². The lowest BCUT2D eigenvalue weighted by atomic mass is 9.99. The van der Waals surface area contributed by atoms with Crippen molar-refractivity contribution in [3.8, 4) is 28.5 Å². The normalized spacial score (nSPS) is 10.5. The molecular formula is C26H16Cl2N2OS. The van der Waals surface area contributed by atoms with Crippen LogP contribution < -0.4 is 0 Å². The smallest absolute Gasteiger partial charge is 0.173 e. The first-order valence-corrected chi connectivity index (χ1v) is 11.5. The van der Waals surface area contributed by atoms with Crippen LogP contribution >= 0.6 is 35.0 Å². The Morgan fingerprint density at radius 1 is 0.875 bits per heavy atom. The molecule has 0 bridgehead atoms. The van der Waals surface area contributed by atoms with E-state index in [9.17, 15) is 10.1 Å². The number of ketones is 1. The van der Waals surface area contributed by atoms with Gasteiger partial charge in [0.05, 0.1) is 17.0 Å². The summed E-state index contributed by atoms with van der Waals surface area (Å²) in [6.07, 6.45) is 0. The van der Waals surface area contributed by atoms with Crippen LogP contribution in [0.3, 0.4) is 0 Å². The lowest BCUT2D eigenvalue weighted by Crippen LogP contribution is -2.03. The average molecular weight is 475 g/mol. The van der Waals surface area contributed by atoms with E-state index in [2.05, 4.69) is 6.07 Å². The molecule has 0 radical (unpaired) electrons. The summed E-state index contributed by atoms with van der Waals surface area (Å²) >= 11 is 13.4. The van der Waals surface area contributed by atoms with Crippen LogP contribution in [0.15, 0.2) is 90.0 Å². The molecular weight excluding hydrogens is 459 g/mol. The lowest BCUT2D eigenvalue weighted by molar-refractivity contribution is 0.102. The first-order chi connectivity index (χ1) is 15.5. The number of benzene rings is 3. The van der Waals surface area contributed by atoms with Crippen molar-refractivity contribution in [1.29, 1.82) is 5.26 Å². The molecule has 0 spiro atoms. The standard InChI is InChI=1S/C26H16Cl2N2OS/c27-20-10-6-17(7-11-20)22-14-24(18-8-12-21(28)13-9-18)30-26(23(22)15-29)32-16-25(31)19-4-2-1-3-5-19/h1-14H,16H2. The molecule has 1 aromatic heterocycles. The summed E-state index contributed by atoms with van der Waals surface area (Å²) in [6.45, 7) is 0. The van der Waals surface area contributed by atoms with Crippen LogP contribution in [0.5, 0.6) is 0 Å². The zero-order chi connectivity index (χ0) is 22.5. The predicted molar refractivity (Wildman–Crippen MR) is 131 cm³/mol. The van der Waals surface area contributed by atoms with E-state index in [1.54, 1.807) is 36.4 Å². The summed E-state index contributed by atoms with van der Waals surface area (Å²) in [5.41, 5.74) is 4.20.